The fourth-order valence-electron chi connectivity index (χ4n) is 3.71. The van der Waals surface area contributed by atoms with Gasteiger partial charge in [-0.2, -0.15) is 5.10 Å². The number of carbonyl (C=O) groups excluding carboxylic acids is 1. The smallest absolute Gasteiger partial charge is 0.253 e. The number of aromatic nitrogens is 2. The minimum Gasteiger partial charge on any atom is -0.372 e. The van der Waals surface area contributed by atoms with E-state index in [2.05, 4.69) is 34.3 Å². The zero-order valence-corrected chi connectivity index (χ0v) is 16.3. The van der Waals surface area contributed by atoms with Crippen LogP contribution in [0, 0.1) is 0 Å². The molecule has 1 saturated heterocycles. The lowest BCUT2D eigenvalue weighted by atomic mass is 10.1. The highest BCUT2D eigenvalue weighted by atomic mass is 16.2. The van der Waals surface area contributed by atoms with Crippen molar-refractivity contribution in [1.29, 1.82) is 0 Å². The van der Waals surface area contributed by atoms with Gasteiger partial charge in [0.2, 0.25) is 0 Å². The first-order valence-corrected chi connectivity index (χ1v) is 9.90. The molecule has 28 heavy (non-hydrogen) atoms. The minimum atomic E-state index is 0.0205. The summed E-state index contributed by atoms with van der Waals surface area (Å²) in [5.41, 5.74) is 4.05. The lowest BCUT2D eigenvalue weighted by Gasteiger charge is -2.29. The molecule has 0 atom stereocenters. The lowest BCUT2D eigenvalue weighted by molar-refractivity contribution is 0.0785. The van der Waals surface area contributed by atoms with Crippen molar-refractivity contribution in [2.75, 3.05) is 25.0 Å². The van der Waals surface area contributed by atoms with Gasteiger partial charge in [0.1, 0.15) is 0 Å². The molecule has 3 aromatic rings. The predicted molar refractivity (Wildman–Crippen MR) is 112 cm³/mol. The second kappa shape index (κ2) is 8.30. The molecule has 1 aliphatic rings. The summed E-state index contributed by atoms with van der Waals surface area (Å²) < 4.78 is 1.78. The van der Waals surface area contributed by atoms with Crippen LogP contribution in [0.2, 0.25) is 0 Å². The van der Waals surface area contributed by atoms with Crippen molar-refractivity contribution in [2.24, 2.45) is 0 Å². The highest BCUT2D eigenvalue weighted by Gasteiger charge is 2.14. The van der Waals surface area contributed by atoms with E-state index < -0.39 is 0 Å². The number of nitrogens with zero attached hydrogens (tertiary/aromatic N) is 4. The van der Waals surface area contributed by atoms with Crippen molar-refractivity contribution in [3.63, 3.8) is 0 Å². The van der Waals surface area contributed by atoms with Crippen LogP contribution in [-0.4, -0.2) is 40.7 Å². The molecule has 1 aliphatic heterocycles. The summed E-state index contributed by atoms with van der Waals surface area (Å²) in [6, 6.07) is 18.1. The van der Waals surface area contributed by atoms with Gasteiger partial charge >= 0.3 is 0 Å². The number of carbonyl (C=O) groups is 1. The molecule has 1 amide bonds. The first-order valence-electron chi connectivity index (χ1n) is 9.90. The van der Waals surface area contributed by atoms with Gasteiger partial charge in [0.05, 0.1) is 5.69 Å². The summed E-state index contributed by atoms with van der Waals surface area (Å²) in [6.45, 7) is 2.89. The van der Waals surface area contributed by atoms with Crippen LogP contribution in [-0.2, 0) is 6.54 Å². The van der Waals surface area contributed by atoms with E-state index in [1.807, 2.05) is 43.6 Å². The van der Waals surface area contributed by atoms with E-state index in [1.54, 1.807) is 15.8 Å². The maximum Gasteiger partial charge on any atom is 0.253 e. The monoisotopic (exact) mass is 374 g/mol. The van der Waals surface area contributed by atoms with Gasteiger partial charge in [-0.1, -0.05) is 12.1 Å². The molecule has 5 heteroatoms. The number of hydrogen-bond acceptors (Lipinski definition) is 3. The van der Waals surface area contributed by atoms with Crippen LogP contribution in [0.15, 0.2) is 67.0 Å². The topological polar surface area (TPSA) is 41.4 Å². The molecule has 0 bridgehead atoms. The summed E-state index contributed by atoms with van der Waals surface area (Å²) in [5, 5.41) is 4.21. The summed E-state index contributed by atoms with van der Waals surface area (Å²) in [4.78, 5) is 17.0. The van der Waals surface area contributed by atoms with Gasteiger partial charge in [-0.3, -0.25) is 4.79 Å². The van der Waals surface area contributed by atoms with Gasteiger partial charge < -0.3 is 9.80 Å². The second-order valence-electron chi connectivity index (χ2n) is 7.37. The number of rotatable bonds is 5. The van der Waals surface area contributed by atoms with Gasteiger partial charge in [-0.25, -0.2) is 4.68 Å². The molecule has 0 radical (unpaired) electrons. The largest absolute Gasteiger partial charge is 0.372 e. The highest BCUT2D eigenvalue weighted by Crippen LogP contribution is 2.21. The molecule has 2 aromatic carbocycles. The quantitative estimate of drug-likeness (QED) is 0.674. The molecule has 144 valence electrons. The van der Waals surface area contributed by atoms with Crippen LogP contribution in [0.1, 0.15) is 35.2 Å². The first kappa shape index (κ1) is 18.3. The molecular formula is C23H26N4O. The zero-order valence-electron chi connectivity index (χ0n) is 16.3. The Kier molecular flexibility index (Phi) is 5.42. The van der Waals surface area contributed by atoms with E-state index in [0.29, 0.717) is 12.1 Å². The Morgan fingerprint density at radius 3 is 2.29 bits per heavy atom. The summed E-state index contributed by atoms with van der Waals surface area (Å²) >= 11 is 0. The Labute approximate surface area is 166 Å². The third kappa shape index (κ3) is 4.09. The van der Waals surface area contributed by atoms with Crippen molar-refractivity contribution in [3.05, 3.63) is 78.1 Å². The third-order valence-electron chi connectivity index (χ3n) is 5.31. The van der Waals surface area contributed by atoms with Crippen LogP contribution in [0.4, 0.5) is 5.69 Å². The number of hydrogen-bond donors (Lipinski definition) is 0. The number of piperidine rings is 1. The Morgan fingerprint density at radius 2 is 1.64 bits per heavy atom. The fourth-order valence-corrected chi connectivity index (χ4v) is 3.71. The van der Waals surface area contributed by atoms with E-state index in [4.69, 9.17) is 0 Å². The van der Waals surface area contributed by atoms with Crippen molar-refractivity contribution in [2.45, 2.75) is 25.8 Å². The van der Waals surface area contributed by atoms with E-state index in [1.165, 1.54) is 24.9 Å². The number of benzene rings is 2. The zero-order chi connectivity index (χ0) is 19.3. The molecule has 1 aromatic heterocycles. The van der Waals surface area contributed by atoms with Crippen molar-refractivity contribution >= 4 is 11.6 Å². The lowest BCUT2D eigenvalue weighted by Crippen LogP contribution is -2.29. The van der Waals surface area contributed by atoms with Crippen molar-refractivity contribution in [3.8, 4) is 5.69 Å². The van der Waals surface area contributed by atoms with Gasteiger partial charge in [-0.15, -0.1) is 0 Å². The first-order chi connectivity index (χ1) is 13.7. The molecule has 0 aliphatic carbocycles. The van der Waals surface area contributed by atoms with Gasteiger partial charge in [-0.05, 0) is 67.3 Å². The van der Waals surface area contributed by atoms with E-state index in [9.17, 15) is 4.79 Å². The average molecular weight is 374 g/mol. The minimum absolute atomic E-state index is 0.0205. The third-order valence-corrected chi connectivity index (χ3v) is 5.31. The van der Waals surface area contributed by atoms with Crippen molar-refractivity contribution < 1.29 is 4.79 Å². The summed E-state index contributed by atoms with van der Waals surface area (Å²) in [7, 11) is 1.85. The van der Waals surface area contributed by atoms with Crippen LogP contribution in [0.5, 0.6) is 0 Å². The summed E-state index contributed by atoms with van der Waals surface area (Å²) in [6.07, 6.45) is 7.51. The molecule has 0 N–H and O–H groups in total. The van der Waals surface area contributed by atoms with Crippen LogP contribution in [0.3, 0.4) is 0 Å². The second-order valence-corrected chi connectivity index (χ2v) is 7.37. The standard InChI is InChI=1S/C23H26N4O/c1-25(18-19-6-10-21(11-7-19)26-15-3-2-4-16-26)23(28)20-8-12-22(13-9-20)27-17-5-14-24-27/h5-14,17H,2-4,15-16,18H2,1H3. The molecule has 0 saturated carbocycles. The maximum atomic E-state index is 12.8. The van der Waals surface area contributed by atoms with Gasteiger partial charge in [0, 0.05) is 50.3 Å². The molecule has 0 spiro atoms. The van der Waals surface area contributed by atoms with Crippen LogP contribution >= 0.6 is 0 Å². The average Bonchev–Trinajstić information content (AvgIpc) is 3.29. The summed E-state index contributed by atoms with van der Waals surface area (Å²) in [5.74, 6) is 0.0205. The molecule has 4 rings (SSSR count). The highest BCUT2D eigenvalue weighted by molar-refractivity contribution is 5.94. The van der Waals surface area contributed by atoms with E-state index in [0.717, 1.165) is 24.3 Å². The molecule has 5 nitrogen and oxygen atoms in total. The van der Waals surface area contributed by atoms with Gasteiger partial charge in [0.15, 0.2) is 0 Å². The maximum absolute atomic E-state index is 12.8. The van der Waals surface area contributed by atoms with Crippen LogP contribution < -0.4 is 4.90 Å². The predicted octanol–water partition coefficient (Wildman–Crippen LogP) is 4.13. The van der Waals surface area contributed by atoms with Crippen molar-refractivity contribution in [1.82, 2.24) is 14.7 Å². The van der Waals surface area contributed by atoms with Gasteiger partial charge in [0.25, 0.3) is 5.91 Å². The number of amides is 1. The number of anilines is 1. The van der Waals surface area contributed by atoms with E-state index >= 15 is 0 Å². The fraction of sp³-hybridized carbons (Fsp3) is 0.304. The van der Waals surface area contributed by atoms with E-state index in [-0.39, 0.29) is 5.91 Å². The van der Waals surface area contributed by atoms with Crippen LogP contribution in [0.25, 0.3) is 5.69 Å². The Bertz CT molecular complexity index is 895. The Hall–Kier alpha value is -3.08. The Morgan fingerprint density at radius 1 is 0.964 bits per heavy atom. The molecule has 0 unspecified atom stereocenters. The molecular weight excluding hydrogens is 348 g/mol. The Balaban J connectivity index is 1.38. The molecule has 1 fully saturated rings. The normalized spacial score (nSPS) is 14.1. The SMILES string of the molecule is CN(Cc1ccc(N2CCCCC2)cc1)C(=O)c1ccc(-n2cccn2)cc1. The molecule has 2 heterocycles.